The van der Waals surface area contributed by atoms with Crippen LogP contribution in [0.5, 0.6) is 0 Å². The number of fused-ring (bicyclic) bond motifs is 1. The summed E-state index contributed by atoms with van der Waals surface area (Å²) < 4.78 is 0. The molecule has 2 aliphatic rings. The molecule has 0 aromatic heterocycles. The summed E-state index contributed by atoms with van der Waals surface area (Å²) >= 11 is 0. The van der Waals surface area contributed by atoms with Crippen molar-refractivity contribution in [1.29, 1.82) is 0 Å². The van der Waals surface area contributed by atoms with Gasteiger partial charge in [-0.25, -0.2) is 0 Å². The molecule has 1 heteroatoms. The van der Waals surface area contributed by atoms with Crippen LogP contribution in [0.2, 0.25) is 0 Å². The zero-order chi connectivity index (χ0) is 11.7. The molecule has 1 fully saturated rings. The Labute approximate surface area is 105 Å². The van der Waals surface area contributed by atoms with Crippen molar-refractivity contribution in [2.24, 2.45) is 0 Å². The van der Waals surface area contributed by atoms with Crippen LogP contribution in [0.4, 0.5) is 0 Å². The summed E-state index contributed by atoms with van der Waals surface area (Å²) in [7, 11) is 2.08. The number of nitrogens with one attached hydrogen (secondary N) is 1. The third-order valence-electron chi connectivity index (χ3n) is 4.79. The predicted octanol–water partition coefficient (Wildman–Crippen LogP) is 3.21. The van der Waals surface area contributed by atoms with E-state index in [-0.39, 0.29) is 0 Å². The molecule has 0 atom stereocenters. The van der Waals surface area contributed by atoms with Crippen LogP contribution < -0.4 is 5.32 Å². The molecule has 3 rings (SSSR count). The van der Waals surface area contributed by atoms with Gasteiger partial charge in [-0.3, -0.25) is 0 Å². The Morgan fingerprint density at radius 1 is 1.06 bits per heavy atom. The van der Waals surface area contributed by atoms with Crippen molar-refractivity contribution < 1.29 is 0 Å². The second kappa shape index (κ2) is 4.45. The first kappa shape index (κ1) is 11.3. The van der Waals surface area contributed by atoms with Crippen molar-refractivity contribution in [3.63, 3.8) is 0 Å². The molecule has 0 saturated heterocycles. The molecule has 0 spiro atoms. The maximum atomic E-state index is 3.39. The van der Waals surface area contributed by atoms with Crippen LogP contribution in [0.1, 0.15) is 48.8 Å². The Hall–Kier alpha value is -0.820. The van der Waals surface area contributed by atoms with E-state index in [0.29, 0.717) is 5.41 Å². The van der Waals surface area contributed by atoms with E-state index in [1.165, 1.54) is 44.9 Å². The number of hydrogen-bond acceptors (Lipinski definition) is 1. The van der Waals surface area contributed by atoms with Crippen molar-refractivity contribution in [2.45, 2.75) is 50.4 Å². The molecule has 17 heavy (non-hydrogen) atoms. The Kier molecular flexibility index (Phi) is 2.96. The SMILES string of the molecule is CNCC1(c2ccc3c(c2)CCCC3)CCC1. The van der Waals surface area contributed by atoms with E-state index in [0.717, 1.165) is 6.54 Å². The van der Waals surface area contributed by atoms with Crippen LogP contribution in [0.3, 0.4) is 0 Å². The fourth-order valence-electron chi connectivity index (χ4n) is 3.57. The number of hydrogen-bond donors (Lipinski definition) is 1. The summed E-state index contributed by atoms with van der Waals surface area (Å²) in [6.07, 6.45) is 9.51. The van der Waals surface area contributed by atoms with Gasteiger partial charge in [0.05, 0.1) is 0 Å². The highest BCUT2D eigenvalue weighted by atomic mass is 14.8. The van der Waals surface area contributed by atoms with E-state index < -0.39 is 0 Å². The first-order valence-electron chi connectivity index (χ1n) is 7.11. The van der Waals surface area contributed by atoms with Gasteiger partial charge in [-0.2, -0.15) is 0 Å². The van der Waals surface area contributed by atoms with Gasteiger partial charge in [-0.15, -0.1) is 0 Å². The van der Waals surface area contributed by atoms with Crippen LogP contribution in [-0.4, -0.2) is 13.6 Å². The van der Waals surface area contributed by atoms with Crippen molar-refractivity contribution >= 4 is 0 Å². The minimum Gasteiger partial charge on any atom is -0.319 e. The number of likely N-dealkylation sites (N-methyl/N-ethyl adjacent to an activating group) is 1. The number of rotatable bonds is 3. The minimum absolute atomic E-state index is 0.460. The number of benzene rings is 1. The standard InChI is InChI=1S/C16H23N/c1-17-12-16(9-4-10-16)15-8-7-13-5-2-3-6-14(13)11-15/h7-8,11,17H,2-6,9-10,12H2,1H3. The average molecular weight is 229 g/mol. The van der Waals surface area contributed by atoms with Gasteiger partial charge in [-0.1, -0.05) is 24.6 Å². The summed E-state index contributed by atoms with van der Waals surface area (Å²) in [5.74, 6) is 0. The highest BCUT2D eigenvalue weighted by Crippen LogP contribution is 2.44. The van der Waals surface area contributed by atoms with E-state index >= 15 is 0 Å². The quantitative estimate of drug-likeness (QED) is 0.839. The molecular weight excluding hydrogens is 206 g/mol. The van der Waals surface area contributed by atoms with E-state index in [2.05, 4.69) is 30.6 Å². The number of aryl methyl sites for hydroxylation is 2. The maximum absolute atomic E-state index is 3.39. The van der Waals surface area contributed by atoms with Crippen molar-refractivity contribution in [3.05, 3.63) is 34.9 Å². The Morgan fingerprint density at radius 2 is 1.82 bits per heavy atom. The molecule has 92 valence electrons. The molecule has 1 N–H and O–H groups in total. The highest BCUT2D eigenvalue weighted by molar-refractivity contribution is 5.39. The van der Waals surface area contributed by atoms with Crippen LogP contribution in [0.15, 0.2) is 18.2 Å². The van der Waals surface area contributed by atoms with Crippen LogP contribution in [0.25, 0.3) is 0 Å². The van der Waals surface area contributed by atoms with E-state index in [9.17, 15) is 0 Å². The predicted molar refractivity (Wildman–Crippen MR) is 72.5 cm³/mol. The zero-order valence-corrected chi connectivity index (χ0v) is 10.9. The second-order valence-corrected chi connectivity index (χ2v) is 5.85. The summed E-state index contributed by atoms with van der Waals surface area (Å²) in [6, 6.07) is 7.32. The van der Waals surface area contributed by atoms with Crippen molar-refractivity contribution in [3.8, 4) is 0 Å². The Morgan fingerprint density at radius 3 is 2.47 bits per heavy atom. The Bertz CT molecular complexity index is 404. The topological polar surface area (TPSA) is 12.0 Å². The molecule has 1 aromatic rings. The van der Waals surface area contributed by atoms with Crippen LogP contribution in [-0.2, 0) is 18.3 Å². The molecular formula is C16H23N. The third kappa shape index (κ3) is 1.91. The lowest BCUT2D eigenvalue weighted by molar-refractivity contribution is 0.238. The normalized spacial score (nSPS) is 21.7. The summed E-state index contributed by atoms with van der Waals surface area (Å²) in [6.45, 7) is 1.14. The van der Waals surface area contributed by atoms with Gasteiger partial charge in [0, 0.05) is 12.0 Å². The third-order valence-corrected chi connectivity index (χ3v) is 4.79. The van der Waals surface area contributed by atoms with Gasteiger partial charge in [0.1, 0.15) is 0 Å². The minimum atomic E-state index is 0.460. The monoisotopic (exact) mass is 229 g/mol. The van der Waals surface area contributed by atoms with Gasteiger partial charge >= 0.3 is 0 Å². The summed E-state index contributed by atoms with van der Waals surface area (Å²) in [5.41, 5.74) is 5.30. The molecule has 0 amide bonds. The van der Waals surface area contributed by atoms with E-state index in [4.69, 9.17) is 0 Å². The maximum Gasteiger partial charge on any atom is 0.00777 e. The Balaban J connectivity index is 1.92. The van der Waals surface area contributed by atoms with E-state index in [1.54, 1.807) is 16.7 Å². The highest BCUT2D eigenvalue weighted by Gasteiger charge is 2.38. The molecule has 1 saturated carbocycles. The van der Waals surface area contributed by atoms with Gasteiger partial charge in [0.25, 0.3) is 0 Å². The molecule has 0 aliphatic heterocycles. The lowest BCUT2D eigenvalue weighted by Gasteiger charge is -2.43. The lowest BCUT2D eigenvalue weighted by atomic mass is 9.64. The average Bonchev–Trinajstić information content (AvgIpc) is 2.33. The van der Waals surface area contributed by atoms with Crippen LogP contribution in [0, 0.1) is 0 Å². The molecule has 0 heterocycles. The second-order valence-electron chi connectivity index (χ2n) is 5.85. The largest absolute Gasteiger partial charge is 0.319 e. The molecule has 1 nitrogen and oxygen atoms in total. The molecule has 0 unspecified atom stereocenters. The van der Waals surface area contributed by atoms with Crippen molar-refractivity contribution in [2.75, 3.05) is 13.6 Å². The van der Waals surface area contributed by atoms with Gasteiger partial charge < -0.3 is 5.32 Å². The lowest BCUT2D eigenvalue weighted by Crippen LogP contribution is -2.42. The summed E-state index contributed by atoms with van der Waals surface area (Å²) in [5, 5.41) is 3.39. The van der Waals surface area contributed by atoms with Gasteiger partial charge in [0.2, 0.25) is 0 Å². The van der Waals surface area contributed by atoms with Gasteiger partial charge in [-0.05, 0) is 62.3 Å². The molecule has 2 aliphatic carbocycles. The molecule has 0 bridgehead atoms. The van der Waals surface area contributed by atoms with Gasteiger partial charge in [0.15, 0.2) is 0 Å². The fraction of sp³-hybridized carbons (Fsp3) is 0.625. The molecule has 1 aromatic carbocycles. The zero-order valence-electron chi connectivity index (χ0n) is 10.9. The summed E-state index contributed by atoms with van der Waals surface area (Å²) in [4.78, 5) is 0. The first-order chi connectivity index (χ1) is 8.34. The smallest absolute Gasteiger partial charge is 0.00777 e. The van der Waals surface area contributed by atoms with Crippen LogP contribution >= 0.6 is 0 Å². The van der Waals surface area contributed by atoms with Crippen molar-refractivity contribution in [1.82, 2.24) is 5.32 Å². The fourth-order valence-corrected chi connectivity index (χ4v) is 3.57. The molecule has 0 radical (unpaired) electrons. The first-order valence-corrected chi connectivity index (χ1v) is 7.11. The van der Waals surface area contributed by atoms with E-state index in [1.807, 2.05) is 0 Å².